The molecule has 0 bridgehead atoms. The molecule has 0 saturated heterocycles. The minimum Gasteiger partial charge on any atom is -0.493 e. The van der Waals surface area contributed by atoms with Crippen LogP contribution in [0.2, 0.25) is 0 Å². The van der Waals surface area contributed by atoms with E-state index in [4.69, 9.17) is 21.1 Å². The largest absolute Gasteiger partial charge is 0.493 e. The van der Waals surface area contributed by atoms with E-state index in [-0.39, 0.29) is 5.38 Å². The number of alkyl halides is 1. The molecule has 0 heterocycles. The molecule has 1 aromatic carbocycles. The summed E-state index contributed by atoms with van der Waals surface area (Å²) in [7, 11) is 3.33. The number of hydrogen-bond donors (Lipinski definition) is 0. The summed E-state index contributed by atoms with van der Waals surface area (Å²) in [5, 5.41) is 0.0675. The Bertz CT molecular complexity index is 439. The number of ether oxygens (including phenoxy) is 2. The van der Waals surface area contributed by atoms with Gasteiger partial charge in [0.1, 0.15) is 0 Å². The second kappa shape index (κ2) is 7.21. The number of aryl methyl sites for hydroxylation is 1. The quantitative estimate of drug-likeness (QED) is 0.690. The van der Waals surface area contributed by atoms with Crippen LogP contribution in [0.3, 0.4) is 0 Å². The van der Waals surface area contributed by atoms with E-state index < -0.39 is 0 Å². The van der Waals surface area contributed by atoms with E-state index in [2.05, 4.69) is 6.92 Å². The Morgan fingerprint density at radius 3 is 2.30 bits per heavy atom. The Labute approximate surface area is 127 Å². The number of hydrogen-bond acceptors (Lipinski definition) is 2. The fraction of sp³-hybridized carbons (Fsp3) is 0.647. The van der Waals surface area contributed by atoms with Gasteiger partial charge in [-0.15, -0.1) is 11.6 Å². The molecular formula is C17H25ClO2. The van der Waals surface area contributed by atoms with Crippen LogP contribution >= 0.6 is 11.6 Å². The first kappa shape index (κ1) is 15.5. The van der Waals surface area contributed by atoms with Gasteiger partial charge < -0.3 is 9.47 Å². The van der Waals surface area contributed by atoms with Crippen LogP contribution in [0, 0.1) is 12.8 Å². The van der Waals surface area contributed by atoms with Crippen molar-refractivity contribution in [2.45, 2.75) is 50.8 Å². The fourth-order valence-electron chi connectivity index (χ4n) is 3.18. The Morgan fingerprint density at radius 1 is 1.10 bits per heavy atom. The lowest BCUT2D eigenvalue weighted by molar-refractivity contribution is 0.334. The smallest absolute Gasteiger partial charge is 0.161 e. The highest BCUT2D eigenvalue weighted by Crippen LogP contribution is 2.40. The second-order valence-electron chi connectivity index (χ2n) is 5.77. The average Bonchev–Trinajstić information content (AvgIpc) is 2.47. The maximum absolute atomic E-state index is 6.67. The molecule has 1 aliphatic rings. The third-order valence-corrected chi connectivity index (χ3v) is 4.79. The first-order valence-electron chi connectivity index (χ1n) is 7.52. The molecular weight excluding hydrogens is 272 g/mol. The molecule has 1 atom stereocenters. The van der Waals surface area contributed by atoms with E-state index in [0.717, 1.165) is 23.8 Å². The summed E-state index contributed by atoms with van der Waals surface area (Å²) in [5.74, 6) is 2.32. The maximum atomic E-state index is 6.67. The normalized spacial score (nSPS) is 17.8. The highest BCUT2D eigenvalue weighted by Gasteiger charge is 2.21. The van der Waals surface area contributed by atoms with Crippen molar-refractivity contribution in [3.8, 4) is 11.5 Å². The zero-order chi connectivity index (χ0) is 14.5. The molecule has 1 aliphatic carbocycles. The van der Waals surface area contributed by atoms with E-state index in [0.29, 0.717) is 0 Å². The average molecular weight is 297 g/mol. The molecule has 1 unspecified atom stereocenters. The van der Waals surface area contributed by atoms with Gasteiger partial charge in [0.25, 0.3) is 0 Å². The van der Waals surface area contributed by atoms with Crippen LogP contribution in [0.15, 0.2) is 12.1 Å². The predicted molar refractivity (Wildman–Crippen MR) is 84.1 cm³/mol. The minimum absolute atomic E-state index is 0.0675. The third-order valence-electron chi connectivity index (χ3n) is 4.37. The van der Waals surface area contributed by atoms with Crippen molar-refractivity contribution in [1.29, 1.82) is 0 Å². The van der Waals surface area contributed by atoms with Crippen molar-refractivity contribution in [3.05, 3.63) is 23.3 Å². The van der Waals surface area contributed by atoms with Gasteiger partial charge in [0, 0.05) is 0 Å². The van der Waals surface area contributed by atoms with Crippen molar-refractivity contribution < 1.29 is 9.47 Å². The third kappa shape index (κ3) is 3.60. The fourth-order valence-corrected chi connectivity index (χ4v) is 3.66. The summed E-state index contributed by atoms with van der Waals surface area (Å²) in [6, 6.07) is 4.05. The van der Waals surface area contributed by atoms with Gasteiger partial charge in [-0.05, 0) is 42.5 Å². The van der Waals surface area contributed by atoms with Crippen LogP contribution in [-0.2, 0) is 0 Å². The molecule has 1 aromatic rings. The zero-order valence-corrected chi connectivity index (χ0v) is 13.5. The Morgan fingerprint density at radius 2 is 1.70 bits per heavy atom. The highest BCUT2D eigenvalue weighted by atomic mass is 35.5. The zero-order valence-electron chi connectivity index (χ0n) is 12.7. The van der Waals surface area contributed by atoms with Gasteiger partial charge >= 0.3 is 0 Å². The predicted octanol–water partition coefficient (Wildman–Crippen LogP) is 5.26. The van der Waals surface area contributed by atoms with Crippen molar-refractivity contribution in [1.82, 2.24) is 0 Å². The van der Waals surface area contributed by atoms with Crippen LogP contribution in [0.25, 0.3) is 0 Å². The van der Waals surface area contributed by atoms with Crippen LogP contribution < -0.4 is 9.47 Å². The molecule has 0 N–H and O–H groups in total. The molecule has 0 aliphatic heterocycles. The molecule has 20 heavy (non-hydrogen) atoms. The monoisotopic (exact) mass is 296 g/mol. The van der Waals surface area contributed by atoms with Gasteiger partial charge in [0.15, 0.2) is 11.5 Å². The van der Waals surface area contributed by atoms with Gasteiger partial charge in [0.2, 0.25) is 0 Å². The lowest BCUT2D eigenvalue weighted by atomic mass is 9.84. The molecule has 3 heteroatoms. The molecule has 1 fully saturated rings. The molecule has 2 rings (SSSR count). The summed E-state index contributed by atoms with van der Waals surface area (Å²) >= 11 is 6.67. The number of benzene rings is 1. The molecule has 112 valence electrons. The van der Waals surface area contributed by atoms with E-state index >= 15 is 0 Å². The SMILES string of the molecule is COc1cc(C)c(C(Cl)CC2CCCCC2)cc1OC. The van der Waals surface area contributed by atoms with Gasteiger partial charge in [-0.1, -0.05) is 32.1 Å². The maximum Gasteiger partial charge on any atom is 0.161 e. The molecule has 0 aromatic heterocycles. The first-order valence-corrected chi connectivity index (χ1v) is 7.96. The minimum atomic E-state index is 0.0675. The van der Waals surface area contributed by atoms with Gasteiger partial charge in [-0.25, -0.2) is 0 Å². The van der Waals surface area contributed by atoms with E-state index in [1.54, 1.807) is 14.2 Å². The number of rotatable bonds is 5. The summed E-state index contributed by atoms with van der Waals surface area (Å²) in [4.78, 5) is 0. The van der Waals surface area contributed by atoms with E-state index in [1.165, 1.54) is 43.2 Å². The lowest BCUT2D eigenvalue weighted by Crippen LogP contribution is -2.09. The Kier molecular flexibility index (Phi) is 5.59. The number of methoxy groups -OCH3 is 2. The summed E-state index contributed by atoms with van der Waals surface area (Å²) < 4.78 is 10.7. The topological polar surface area (TPSA) is 18.5 Å². The van der Waals surface area contributed by atoms with Crippen LogP contribution in [-0.4, -0.2) is 14.2 Å². The van der Waals surface area contributed by atoms with E-state index in [1.807, 2.05) is 12.1 Å². The van der Waals surface area contributed by atoms with Crippen molar-refractivity contribution >= 4 is 11.6 Å². The molecule has 0 radical (unpaired) electrons. The Hall–Kier alpha value is -0.890. The molecule has 0 spiro atoms. The van der Waals surface area contributed by atoms with Crippen molar-refractivity contribution in [3.63, 3.8) is 0 Å². The van der Waals surface area contributed by atoms with Crippen LogP contribution in [0.4, 0.5) is 0 Å². The van der Waals surface area contributed by atoms with E-state index in [9.17, 15) is 0 Å². The first-order chi connectivity index (χ1) is 9.65. The van der Waals surface area contributed by atoms with Crippen molar-refractivity contribution in [2.75, 3.05) is 14.2 Å². The lowest BCUT2D eigenvalue weighted by Gasteiger charge is -2.25. The summed E-state index contributed by atoms with van der Waals surface area (Å²) in [6.45, 7) is 2.09. The van der Waals surface area contributed by atoms with Crippen LogP contribution in [0.1, 0.15) is 55.0 Å². The van der Waals surface area contributed by atoms with Crippen molar-refractivity contribution in [2.24, 2.45) is 5.92 Å². The van der Waals surface area contributed by atoms with Crippen LogP contribution in [0.5, 0.6) is 11.5 Å². The van der Waals surface area contributed by atoms with Gasteiger partial charge in [-0.3, -0.25) is 0 Å². The standard InChI is InChI=1S/C17H25ClO2/c1-12-9-16(19-2)17(20-3)11-14(12)15(18)10-13-7-5-4-6-8-13/h9,11,13,15H,4-8,10H2,1-3H3. The second-order valence-corrected chi connectivity index (χ2v) is 6.30. The van der Waals surface area contributed by atoms with Gasteiger partial charge in [0.05, 0.1) is 19.6 Å². The molecule has 0 amide bonds. The Balaban J connectivity index is 2.13. The summed E-state index contributed by atoms with van der Waals surface area (Å²) in [6.07, 6.45) is 7.83. The highest BCUT2D eigenvalue weighted by molar-refractivity contribution is 6.21. The number of halogens is 1. The molecule has 1 saturated carbocycles. The van der Waals surface area contributed by atoms with Gasteiger partial charge in [-0.2, -0.15) is 0 Å². The summed E-state index contributed by atoms with van der Waals surface area (Å²) in [5.41, 5.74) is 2.35. The molecule has 2 nitrogen and oxygen atoms in total.